The Balaban J connectivity index is 3.14. The smallest absolute Gasteiger partial charge is 0.0488 e. The van der Waals surface area contributed by atoms with Crippen LogP contribution in [0.4, 0.5) is 0 Å². The number of nitrogens with zero attached hydrogens (tertiary/aromatic N) is 1. The molecule has 1 aromatic rings. The molecule has 1 nitrogen and oxygen atoms in total. The highest BCUT2D eigenvalue weighted by atomic mass is 14.7. The van der Waals surface area contributed by atoms with Gasteiger partial charge in [0.1, 0.15) is 0 Å². The van der Waals surface area contributed by atoms with Gasteiger partial charge in [-0.1, -0.05) is 19.9 Å². The van der Waals surface area contributed by atoms with Gasteiger partial charge in [-0.2, -0.15) is 0 Å². The second-order valence-electron chi connectivity index (χ2n) is 3.55. The third-order valence-corrected chi connectivity index (χ3v) is 1.65. The summed E-state index contributed by atoms with van der Waals surface area (Å²) in [6.07, 6.45) is 1.81. The first-order chi connectivity index (χ1) is 5.02. The molecule has 0 aromatic carbocycles. The Labute approximate surface area is 68.5 Å². The highest BCUT2D eigenvalue weighted by molar-refractivity contribution is 5.25. The molecule has 0 unspecified atom stereocenters. The van der Waals surface area contributed by atoms with Gasteiger partial charge in [0.2, 0.25) is 0 Å². The number of pyridine rings is 1. The summed E-state index contributed by atoms with van der Waals surface area (Å²) in [5.41, 5.74) is 2.22. The largest absolute Gasteiger partial charge is 0.260 e. The molecule has 0 fully saturated rings. The fourth-order valence-electron chi connectivity index (χ4n) is 1.19. The van der Waals surface area contributed by atoms with Crippen molar-refractivity contribution in [2.45, 2.75) is 26.2 Å². The molecule has 1 heterocycles. The van der Waals surface area contributed by atoms with Crippen LogP contribution in [-0.4, -0.2) is 4.98 Å². The van der Waals surface area contributed by atoms with Crippen molar-refractivity contribution in [3.63, 3.8) is 0 Å². The molecular weight excluding hydrogens is 134 g/mol. The molecule has 0 aliphatic heterocycles. The number of rotatable bonds is 1. The molecule has 0 amide bonds. The van der Waals surface area contributed by atoms with Crippen molar-refractivity contribution in [2.75, 3.05) is 0 Å². The van der Waals surface area contributed by atoms with Crippen LogP contribution in [0.2, 0.25) is 0 Å². The lowest BCUT2D eigenvalue weighted by atomic mass is 9.89. The molecule has 0 aliphatic carbocycles. The molecule has 0 atom stereocenters. The molecule has 1 aromatic heterocycles. The summed E-state index contributed by atoms with van der Waals surface area (Å²) in [5.74, 6) is 0. The lowest BCUT2D eigenvalue weighted by Gasteiger charge is -2.19. The molecule has 1 heteroatoms. The average molecular weight is 148 g/mol. The second kappa shape index (κ2) is 2.65. The normalized spacial score (nSPS) is 11.6. The van der Waals surface area contributed by atoms with Crippen LogP contribution in [0.3, 0.4) is 0 Å². The summed E-state index contributed by atoms with van der Waals surface area (Å²) < 4.78 is 0. The van der Waals surface area contributed by atoms with Crippen molar-refractivity contribution in [2.24, 2.45) is 0 Å². The standard InChI is InChI=1S/C10H14N/c1-8-6-5-7-11-9(8)10(2,3)4/h5-7H,2H2,1,3-4H3. The van der Waals surface area contributed by atoms with Crippen LogP contribution < -0.4 is 0 Å². The maximum Gasteiger partial charge on any atom is 0.0488 e. The number of aryl methyl sites for hydroxylation is 1. The summed E-state index contributed by atoms with van der Waals surface area (Å²) in [6.45, 7) is 10.2. The summed E-state index contributed by atoms with van der Waals surface area (Å²) in [6, 6.07) is 4.01. The quantitative estimate of drug-likeness (QED) is 0.596. The second-order valence-corrected chi connectivity index (χ2v) is 3.55. The minimum atomic E-state index is -0.0780. The van der Waals surface area contributed by atoms with Gasteiger partial charge >= 0.3 is 0 Å². The van der Waals surface area contributed by atoms with E-state index in [1.54, 1.807) is 0 Å². The summed E-state index contributed by atoms with van der Waals surface area (Å²) in [4.78, 5) is 4.29. The predicted molar refractivity (Wildman–Crippen MR) is 47.4 cm³/mol. The van der Waals surface area contributed by atoms with E-state index in [4.69, 9.17) is 0 Å². The predicted octanol–water partition coefficient (Wildman–Crippen LogP) is 2.50. The van der Waals surface area contributed by atoms with Gasteiger partial charge in [-0.3, -0.25) is 4.98 Å². The highest BCUT2D eigenvalue weighted by Gasteiger charge is 2.16. The zero-order valence-corrected chi connectivity index (χ0v) is 7.39. The van der Waals surface area contributed by atoms with E-state index in [1.165, 1.54) is 5.56 Å². The van der Waals surface area contributed by atoms with Crippen molar-refractivity contribution >= 4 is 0 Å². The van der Waals surface area contributed by atoms with Crippen LogP contribution in [0, 0.1) is 13.8 Å². The Morgan fingerprint density at radius 2 is 2.09 bits per heavy atom. The first kappa shape index (κ1) is 8.25. The highest BCUT2D eigenvalue weighted by Crippen LogP contribution is 2.21. The van der Waals surface area contributed by atoms with Gasteiger partial charge in [0.05, 0.1) is 0 Å². The van der Waals surface area contributed by atoms with Crippen LogP contribution in [0.5, 0.6) is 0 Å². The number of hydrogen-bond acceptors (Lipinski definition) is 1. The Morgan fingerprint density at radius 3 is 2.45 bits per heavy atom. The van der Waals surface area contributed by atoms with E-state index < -0.39 is 0 Å². The van der Waals surface area contributed by atoms with Crippen LogP contribution in [0.25, 0.3) is 0 Å². The monoisotopic (exact) mass is 148 g/mol. The summed E-state index contributed by atoms with van der Waals surface area (Å²) in [5, 5.41) is 0. The molecule has 0 bridgehead atoms. The Bertz CT molecular complexity index is 245. The molecule has 0 spiro atoms. The van der Waals surface area contributed by atoms with Crippen molar-refractivity contribution in [3.8, 4) is 0 Å². The van der Waals surface area contributed by atoms with Gasteiger partial charge in [-0.25, -0.2) is 0 Å². The van der Waals surface area contributed by atoms with Crippen molar-refractivity contribution in [3.05, 3.63) is 36.5 Å². The van der Waals surface area contributed by atoms with E-state index in [9.17, 15) is 0 Å². The van der Waals surface area contributed by atoms with Gasteiger partial charge < -0.3 is 0 Å². The molecule has 0 aliphatic rings. The van der Waals surface area contributed by atoms with Crippen LogP contribution in [-0.2, 0) is 5.41 Å². The lowest BCUT2D eigenvalue weighted by molar-refractivity contribution is 0.633. The van der Waals surface area contributed by atoms with Crippen LogP contribution in [0.1, 0.15) is 25.1 Å². The minimum absolute atomic E-state index is 0.0780. The van der Waals surface area contributed by atoms with Gasteiger partial charge in [-0.05, 0) is 25.5 Å². The first-order valence-electron chi connectivity index (χ1n) is 3.79. The first-order valence-corrected chi connectivity index (χ1v) is 3.79. The topological polar surface area (TPSA) is 12.9 Å². The minimum Gasteiger partial charge on any atom is -0.260 e. The maximum atomic E-state index is 4.29. The van der Waals surface area contributed by atoms with Gasteiger partial charge in [0.25, 0.3) is 0 Å². The van der Waals surface area contributed by atoms with E-state index >= 15 is 0 Å². The fourth-order valence-corrected chi connectivity index (χ4v) is 1.19. The van der Waals surface area contributed by atoms with E-state index in [1.807, 2.05) is 12.3 Å². The Morgan fingerprint density at radius 1 is 1.45 bits per heavy atom. The van der Waals surface area contributed by atoms with Gasteiger partial charge in [0.15, 0.2) is 0 Å². The molecule has 0 saturated carbocycles. The molecule has 59 valence electrons. The van der Waals surface area contributed by atoms with Crippen LogP contribution >= 0.6 is 0 Å². The molecular formula is C10H14N. The third kappa shape index (κ3) is 1.79. The summed E-state index contributed by atoms with van der Waals surface area (Å²) in [7, 11) is 0. The maximum absolute atomic E-state index is 4.29. The van der Waals surface area contributed by atoms with E-state index in [-0.39, 0.29) is 5.41 Å². The Hall–Kier alpha value is -0.850. The zero-order chi connectivity index (χ0) is 8.48. The third-order valence-electron chi connectivity index (χ3n) is 1.65. The van der Waals surface area contributed by atoms with Gasteiger partial charge in [0, 0.05) is 17.3 Å². The molecule has 1 rings (SSSR count). The molecule has 11 heavy (non-hydrogen) atoms. The van der Waals surface area contributed by atoms with Crippen molar-refractivity contribution < 1.29 is 0 Å². The number of aromatic nitrogens is 1. The Kier molecular flexibility index (Phi) is 1.99. The van der Waals surface area contributed by atoms with E-state index in [0.29, 0.717) is 0 Å². The fraction of sp³-hybridized carbons (Fsp3) is 0.400. The molecule has 0 saturated heterocycles. The SMILES string of the molecule is [CH2]C(C)(C)c1ncccc1C. The van der Waals surface area contributed by atoms with E-state index in [0.717, 1.165) is 5.69 Å². The van der Waals surface area contributed by atoms with Crippen molar-refractivity contribution in [1.82, 2.24) is 4.98 Å². The number of hydrogen-bond donors (Lipinski definition) is 0. The molecule has 1 radical (unpaired) electrons. The summed E-state index contributed by atoms with van der Waals surface area (Å²) >= 11 is 0. The molecule has 0 N–H and O–H groups in total. The lowest BCUT2D eigenvalue weighted by Crippen LogP contribution is -2.15. The van der Waals surface area contributed by atoms with Crippen molar-refractivity contribution in [1.29, 1.82) is 0 Å². The zero-order valence-electron chi connectivity index (χ0n) is 7.39. The van der Waals surface area contributed by atoms with E-state index in [2.05, 4.69) is 38.7 Å². The van der Waals surface area contributed by atoms with Crippen LogP contribution in [0.15, 0.2) is 18.3 Å². The van der Waals surface area contributed by atoms with Gasteiger partial charge in [-0.15, -0.1) is 0 Å². The average Bonchev–Trinajstić information content (AvgIpc) is 1.86.